The summed E-state index contributed by atoms with van der Waals surface area (Å²) < 4.78 is 5.27. The fraction of sp³-hybridized carbons (Fsp3) is 0.500. The lowest BCUT2D eigenvalue weighted by molar-refractivity contribution is -0.142. The molecule has 1 rings (SSSR count). The number of ether oxygens (including phenoxy) is 1. The van der Waals surface area contributed by atoms with Crippen molar-refractivity contribution in [2.75, 3.05) is 14.2 Å². The molecule has 0 aromatic heterocycles. The minimum absolute atomic E-state index is 0.489. The normalized spacial score (nSPS) is 12.5. The highest BCUT2D eigenvalue weighted by Gasteiger charge is 2.17. The average Bonchev–Trinajstić information content (AvgIpc) is 2.37. The van der Waals surface area contributed by atoms with E-state index in [1.807, 2.05) is 24.1 Å². The molecule has 1 aromatic carbocycles. The van der Waals surface area contributed by atoms with E-state index in [1.165, 1.54) is 0 Å². The number of rotatable bonds is 6. The van der Waals surface area contributed by atoms with E-state index in [9.17, 15) is 4.79 Å². The maximum absolute atomic E-state index is 10.9. The highest BCUT2D eigenvalue weighted by molar-refractivity contribution is 5.72. The Morgan fingerprint density at radius 3 is 2.67 bits per heavy atom. The maximum atomic E-state index is 10.9. The van der Waals surface area contributed by atoms with Gasteiger partial charge in [-0.25, -0.2) is 0 Å². The summed E-state index contributed by atoms with van der Waals surface area (Å²) in [5.41, 5.74) is 2.25. The Morgan fingerprint density at radius 2 is 2.17 bits per heavy atom. The predicted molar refractivity (Wildman–Crippen MR) is 70.9 cm³/mol. The third kappa shape index (κ3) is 3.47. The van der Waals surface area contributed by atoms with Crippen LogP contribution in [0.5, 0.6) is 5.75 Å². The van der Waals surface area contributed by atoms with Gasteiger partial charge in [0.2, 0.25) is 0 Å². The lowest BCUT2D eigenvalue weighted by Crippen LogP contribution is -2.35. The molecule has 0 heterocycles. The van der Waals surface area contributed by atoms with Gasteiger partial charge in [-0.05, 0) is 37.6 Å². The number of hydrogen-bond donors (Lipinski definition) is 1. The Morgan fingerprint density at radius 1 is 1.50 bits per heavy atom. The van der Waals surface area contributed by atoms with Crippen molar-refractivity contribution in [1.29, 1.82) is 0 Å². The summed E-state index contributed by atoms with van der Waals surface area (Å²) in [5.74, 6) is 0.0805. The van der Waals surface area contributed by atoms with E-state index < -0.39 is 12.0 Å². The number of hydrogen-bond acceptors (Lipinski definition) is 3. The van der Waals surface area contributed by atoms with Gasteiger partial charge in [0.15, 0.2) is 0 Å². The molecular formula is C14H21NO3. The smallest absolute Gasteiger partial charge is 0.320 e. The zero-order valence-corrected chi connectivity index (χ0v) is 11.4. The molecular weight excluding hydrogens is 230 g/mol. The third-order valence-electron chi connectivity index (χ3n) is 3.18. The van der Waals surface area contributed by atoms with E-state index in [4.69, 9.17) is 9.84 Å². The van der Waals surface area contributed by atoms with Crippen molar-refractivity contribution < 1.29 is 14.6 Å². The number of aliphatic carboxylic acids is 1. The molecule has 0 amide bonds. The van der Waals surface area contributed by atoms with Gasteiger partial charge >= 0.3 is 5.97 Å². The average molecular weight is 251 g/mol. The van der Waals surface area contributed by atoms with Crippen LogP contribution in [0.3, 0.4) is 0 Å². The number of aryl methyl sites for hydroxylation is 1. The van der Waals surface area contributed by atoms with E-state index in [0.29, 0.717) is 6.54 Å². The Labute approximate surface area is 108 Å². The molecule has 18 heavy (non-hydrogen) atoms. The molecule has 1 aromatic rings. The standard InChI is InChI=1S/C14H21NO3/c1-5-12-8-11(6-7-13(12)18-4)9-15(3)10(2)14(16)17/h6-8,10H,5,9H2,1-4H3,(H,16,17). The molecule has 0 spiro atoms. The second-order valence-electron chi connectivity index (χ2n) is 4.43. The highest BCUT2D eigenvalue weighted by atomic mass is 16.5. The van der Waals surface area contributed by atoms with Crippen molar-refractivity contribution in [1.82, 2.24) is 4.90 Å². The fourth-order valence-electron chi connectivity index (χ4n) is 1.82. The summed E-state index contributed by atoms with van der Waals surface area (Å²) in [5, 5.41) is 8.95. The van der Waals surface area contributed by atoms with Crippen LogP contribution >= 0.6 is 0 Å². The van der Waals surface area contributed by atoms with Crippen LogP contribution in [0.15, 0.2) is 18.2 Å². The van der Waals surface area contributed by atoms with Gasteiger partial charge in [0.1, 0.15) is 11.8 Å². The van der Waals surface area contributed by atoms with Gasteiger partial charge in [0.25, 0.3) is 0 Å². The SMILES string of the molecule is CCc1cc(CN(C)C(C)C(=O)O)ccc1OC. The quantitative estimate of drug-likeness (QED) is 0.841. The van der Waals surface area contributed by atoms with Gasteiger partial charge in [-0.3, -0.25) is 9.69 Å². The van der Waals surface area contributed by atoms with Gasteiger partial charge < -0.3 is 9.84 Å². The lowest BCUT2D eigenvalue weighted by Gasteiger charge is -2.21. The van der Waals surface area contributed by atoms with E-state index in [-0.39, 0.29) is 0 Å². The summed E-state index contributed by atoms with van der Waals surface area (Å²) in [6.45, 7) is 4.38. The summed E-state index contributed by atoms with van der Waals surface area (Å²) in [7, 11) is 3.47. The van der Waals surface area contributed by atoms with Crippen molar-refractivity contribution in [2.45, 2.75) is 32.9 Å². The molecule has 0 saturated heterocycles. The van der Waals surface area contributed by atoms with Crippen LogP contribution in [0.25, 0.3) is 0 Å². The third-order valence-corrected chi connectivity index (χ3v) is 3.18. The molecule has 100 valence electrons. The lowest BCUT2D eigenvalue weighted by atomic mass is 10.1. The Balaban J connectivity index is 2.82. The Bertz CT molecular complexity index is 418. The van der Waals surface area contributed by atoms with Crippen LogP contribution in [-0.2, 0) is 17.8 Å². The molecule has 1 unspecified atom stereocenters. The summed E-state index contributed by atoms with van der Waals surface area (Å²) >= 11 is 0. The van der Waals surface area contributed by atoms with Crippen LogP contribution in [0, 0.1) is 0 Å². The van der Waals surface area contributed by atoms with Crippen molar-refractivity contribution in [3.63, 3.8) is 0 Å². The monoisotopic (exact) mass is 251 g/mol. The molecule has 1 atom stereocenters. The molecule has 0 saturated carbocycles. The zero-order chi connectivity index (χ0) is 13.7. The summed E-state index contributed by atoms with van der Waals surface area (Å²) in [4.78, 5) is 12.7. The number of methoxy groups -OCH3 is 1. The van der Waals surface area contributed by atoms with Gasteiger partial charge in [0.05, 0.1) is 7.11 Å². The molecule has 0 aliphatic carbocycles. The number of carbonyl (C=O) groups is 1. The van der Waals surface area contributed by atoms with Crippen molar-refractivity contribution in [2.24, 2.45) is 0 Å². The number of carboxylic acids is 1. The highest BCUT2D eigenvalue weighted by Crippen LogP contribution is 2.21. The molecule has 4 heteroatoms. The molecule has 1 N–H and O–H groups in total. The zero-order valence-electron chi connectivity index (χ0n) is 11.4. The van der Waals surface area contributed by atoms with Crippen LogP contribution in [0.4, 0.5) is 0 Å². The van der Waals surface area contributed by atoms with Gasteiger partial charge in [-0.15, -0.1) is 0 Å². The second kappa shape index (κ2) is 6.40. The molecule has 0 aliphatic heterocycles. The number of nitrogens with zero attached hydrogens (tertiary/aromatic N) is 1. The molecule has 0 radical (unpaired) electrons. The summed E-state index contributed by atoms with van der Waals surface area (Å²) in [6, 6.07) is 5.50. The summed E-state index contributed by atoms with van der Waals surface area (Å²) in [6.07, 6.45) is 0.898. The van der Waals surface area contributed by atoms with Crippen molar-refractivity contribution in [3.05, 3.63) is 29.3 Å². The van der Waals surface area contributed by atoms with Crippen LogP contribution in [0.2, 0.25) is 0 Å². The van der Waals surface area contributed by atoms with Crippen LogP contribution in [-0.4, -0.2) is 36.2 Å². The second-order valence-corrected chi connectivity index (χ2v) is 4.43. The van der Waals surface area contributed by atoms with Gasteiger partial charge in [0, 0.05) is 6.54 Å². The van der Waals surface area contributed by atoms with Gasteiger partial charge in [-0.2, -0.15) is 0 Å². The minimum atomic E-state index is -0.804. The van der Waals surface area contributed by atoms with E-state index in [2.05, 4.69) is 13.0 Å². The Hall–Kier alpha value is -1.55. The first-order valence-corrected chi connectivity index (χ1v) is 6.08. The van der Waals surface area contributed by atoms with E-state index in [1.54, 1.807) is 14.0 Å². The van der Waals surface area contributed by atoms with E-state index >= 15 is 0 Å². The minimum Gasteiger partial charge on any atom is -0.496 e. The van der Waals surface area contributed by atoms with Crippen molar-refractivity contribution >= 4 is 5.97 Å². The maximum Gasteiger partial charge on any atom is 0.320 e. The predicted octanol–water partition coefficient (Wildman–Crippen LogP) is 2.16. The number of benzene rings is 1. The fourth-order valence-corrected chi connectivity index (χ4v) is 1.82. The van der Waals surface area contributed by atoms with Crippen LogP contribution in [0.1, 0.15) is 25.0 Å². The topological polar surface area (TPSA) is 49.8 Å². The Kier molecular flexibility index (Phi) is 5.16. The van der Waals surface area contributed by atoms with Crippen LogP contribution < -0.4 is 4.74 Å². The van der Waals surface area contributed by atoms with E-state index in [0.717, 1.165) is 23.3 Å². The molecule has 0 bridgehead atoms. The number of likely N-dealkylation sites (N-methyl/N-ethyl adjacent to an activating group) is 1. The first kappa shape index (κ1) is 14.5. The van der Waals surface area contributed by atoms with Crippen molar-refractivity contribution in [3.8, 4) is 5.75 Å². The molecule has 4 nitrogen and oxygen atoms in total. The first-order chi connectivity index (χ1) is 8.49. The largest absolute Gasteiger partial charge is 0.496 e. The first-order valence-electron chi connectivity index (χ1n) is 6.08. The van der Waals surface area contributed by atoms with Gasteiger partial charge in [-0.1, -0.05) is 19.1 Å². The molecule has 0 aliphatic rings. The molecule has 0 fully saturated rings. The number of carboxylic acid groups (broad SMARTS) is 1.